The highest BCUT2D eigenvalue weighted by atomic mass is 19.3. The van der Waals surface area contributed by atoms with Crippen LogP contribution >= 0.6 is 0 Å². The van der Waals surface area contributed by atoms with Gasteiger partial charge in [-0.15, -0.1) is 0 Å². The van der Waals surface area contributed by atoms with E-state index in [9.17, 15) is 33.4 Å². The third-order valence-electron chi connectivity index (χ3n) is 6.67. The van der Waals surface area contributed by atoms with Gasteiger partial charge in [0.1, 0.15) is 17.6 Å². The first-order valence-corrected chi connectivity index (χ1v) is 12.4. The number of phenols is 1. The summed E-state index contributed by atoms with van der Waals surface area (Å²) in [5.74, 6) is -5.66. The van der Waals surface area contributed by atoms with Crippen LogP contribution in [-0.2, 0) is 22.6 Å². The lowest BCUT2D eigenvalue weighted by Crippen LogP contribution is -2.55. The Kier molecular flexibility index (Phi) is 8.29. The molecular formula is C28H29F2N3O6. The van der Waals surface area contributed by atoms with Crippen molar-refractivity contribution < 1.29 is 37.8 Å². The molecule has 0 aliphatic carbocycles. The van der Waals surface area contributed by atoms with E-state index in [1.165, 1.54) is 31.4 Å². The number of hydrogen-bond acceptors (Lipinski definition) is 6. The van der Waals surface area contributed by atoms with Gasteiger partial charge in [-0.2, -0.15) is 0 Å². The Morgan fingerprint density at radius 2 is 1.85 bits per heavy atom. The summed E-state index contributed by atoms with van der Waals surface area (Å²) in [5, 5.41) is 26.2. The first kappa shape index (κ1) is 27.8. The molecule has 1 fully saturated rings. The standard InChI is InChI=1S/C28H29F2N3O6/c1-17-20(10-5-11-23(17)34)25(36)32-21(13-18-7-3-2-4-8-18)24(35)27(38)33-16-28(29,30)14-22(33)26(37)31-15-19-9-6-12-39-19/h2-12,21-22,24,34-35H,13-16H2,1H3,(H,31,37)(H,32,36)/t21-,22-,24-/m0/s1. The van der Waals surface area contributed by atoms with Gasteiger partial charge in [-0.25, -0.2) is 8.78 Å². The molecule has 4 rings (SSSR count). The Labute approximate surface area is 223 Å². The number of rotatable bonds is 9. The maximum Gasteiger partial charge on any atom is 0.267 e. The topological polar surface area (TPSA) is 132 Å². The van der Waals surface area contributed by atoms with E-state index in [2.05, 4.69) is 10.6 Å². The summed E-state index contributed by atoms with van der Waals surface area (Å²) in [4.78, 5) is 40.0. The minimum absolute atomic E-state index is 0.00304. The van der Waals surface area contributed by atoms with E-state index in [1.807, 2.05) is 0 Å². The van der Waals surface area contributed by atoms with Crippen molar-refractivity contribution in [2.24, 2.45) is 0 Å². The number of aromatic hydroxyl groups is 1. The van der Waals surface area contributed by atoms with Crippen LogP contribution in [0.1, 0.15) is 33.7 Å². The summed E-state index contributed by atoms with van der Waals surface area (Å²) in [6, 6.07) is 13.5. The number of nitrogens with one attached hydrogen (secondary N) is 2. The van der Waals surface area contributed by atoms with Crippen molar-refractivity contribution in [3.05, 3.63) is 89.4 Å². The highest BCUT2D eigenvalue weighted by molar-refractivity contribution is 5.97. The molecule has 1 aliphatic heterocycles. The van der Waals surface area contributed by atoms with Gasteiger partial charge < -0.3 is 30.2 Å². The Balaban J connectivity index is 1.55. The van der Waals surface area contributed by atoms with Crippen molar-refractivity contribution in [1.29, 1.82) is 0 Å². The maximum atomic E-state index is 14.4. The zero-order valence-corrected chi connectivity index (χ0v) is 21.1. The number of benzene rings is 2. The smallest absolute Gasteiger partial charge is 0.267 e. The Bertz CT molecular complexity index is 1320. The number of furan rings is 1. The largest absolute Gasteiger partial charge is 0.508 e. The van der Waals surface area contributed by atoms with Gasteiger partial charge in [-0.1, -0.05) is 36.4 Å². The predicted octanol–water partition coefficient (Wildman–Crippen LogP) is 2.55. The van der Waals surface area contributed by atoms with Crippen LogP contribution in [0.5, 0.6) is 5.75 Å². The highest BCUT2D eigenvalue weighted by Crippen LogP contribution is 2.33. The van der Waals surface area contributed by atoms with E-state index in [0.717, 1.165) is 0 Å². The molecule has 1 aliphatic rings. The summed E-state index contributed by atoms with van der Waals surface area (Å²) in [6.07, 6.45) is -1.46. The maximum absolute atomic E-state index is 14.4. The number of aliphatic hydroxyl groups is 1. The second kappa shape index (κ2) is 11.6. The molecule has 39 heavy (non-hydrogen) atoms. The number of amides is 3. The fourth-order valence-electron chi connectivity index (χ4n) is 4.56. The molecule has 206 valence electrons. The number of nitrogens with zero attached hydrogens (tertiary/aromatic N) is 1. The van der Waals surface area contributed by atoms with Gasteiger partial charge in [0, 0.05) is 17.5 Å². The Morgan fingerprint density at radius 3 is 2.54 bits per heavy atom. The van der Waals surface area contributed by atoms with Gasteiger partial charge in [0.25, 0.3) is 17.7 Å². The zero-order valence-electron chi connectivity index (χ0n) is 21.1. The van der Waals surface area contributed by atoms with Crippen LogP contribution in [0, 0.1) is 6.92 Å². The van der Waals surface area contributed by atoms with Crippen molar-refractivity contribution in [2.75, 3.05) is 6.54 Å². The molecule has 0 radical (unpaired) electrons. The fourth-order valence-corrected chi connectivity index (χ4v) is 4.56. The third kappa shape index (κ3) is 6.61. The average molecular weight is 542 g/mol. The quantitative estimate of drug-likeness (QED) is 0.329. The van der Waals surface area contributed by atoms with Crippen LogP contribution in [0.3, 0.4) is 0 Å². The van der Waals surface area contributed by atoms with Crippen LogP contribution < -0.4 is 10.6 Å². The molecule has 0 spiro atoms. The number of phenolic OH excluding ortho intramolecular Hbond substituents is 1. The van der Waals surface area contributed by atoms with Crippen molar-refractivity contribution in [2.45, 2.75) is 50.4 Å². The van der Waals surface area contributed by atoms with E-state index in [1.54, 1.807) is 42.5 Å². The molecular weight excluding hydrogens is 512 g/mol. The molecule has 2 heterocycles. The number of aliphatic hydroxyl groups excluding tert-OH is 1. The first-order valence-electron chi connectivity index (χ1n) is 12.4. The van der Waals surface area contributed by atoms with Crippen LogP contribution in [0.2, 0.25) is 0 Å². The zero-order chi connectivity index (χ0) is 28.2. The van der Waals surface area contributed by atoms with Crippen LogP contribution in [0.4, 0.5) is 8.78 Å². The molecule has 0 unspecified atom stereocenters. The normalized spacial score (nSPS) is 17.8. The average Bonchev–Trinajstić information content (AvgIpc) is 3.55. The predicted molar refractivity (Wildman–Crippen MR) is 136 cm³/mol. The van der Waals surface area contributed by atoms with E-state index in [-0.39, 0.29) is 24.3 Å². The molecule has 11 heteroatoms. The third-order valence-corrected chi connectivity index (χ3v) is 6.67. The van der Waals surface area contributed by atoms with Gasteiger partial charge in [0.2, 0.25) is 5.91 Å². The fraction of sp³-hybridized carbons (Fsp3) is 0.321. The minimum Gasteiger partial charge on any atom is -0.508 e. The summed E-state index contributed by atoms with van der Waals surface area (Å²) >= 11 is 0. The molecule has 3 atom stereocenters. The summed E-state index contributed by atoms with van der Waals surface area (Å²) in [7, 11) is 0. The lowest BCUT2D eigenvalue weighted by atomic mass is 9.98. The Morgan fingerprint density at radius 1 is 1.10 bits per heavy atom. The van der Waals surface area contributed by atoms with Crippen molar-refractivity contribution in [1.82, 2.24) is 15.5 Å². The van der Waals surface area contributed by atoms with Crippen LogP contribution in [0.15, 0.2) is 71.3 Å². The molecule has 0 saturated carbocycles. The van der Waals surface area contributed by atoms with Gasteiger partial charge in [0.05, 0.1) is 25.4 Å². The second-order valence-electron chi connectivity index (χ2n) is 9.50. The number of alkyl halides is 2. The van der Waals surface area contributed by atoms with Gasteiger partial charge in [-0.3, -0.25) is 14.4 Å². The molecule has 1 aromatic heterocycles. The first-order chi connectivity index (χ1) is 18.6. The molecule has 3 aromatic rings. The second-order valence-corrected chi connectivity index (χ2v) is 9.50. The number of likely N-dealkylation sites (tertiary alicyclic amines) is 1. The van der Waals surface area contributed by atoms with E-state index >= 15 is 0 Å². The number of hydrogen-bond donors (Lipinski definition) is 4. The molecule has 2 aromatic carbocycles. The molecule has 3 amide bonds. The van der Waals surface area contributed by atoms with Crippen LogP contribution in [-0.4, -0.2) is 63.5 Å². The van der Waals surface area contributed by atoms with E-state index < -0.39 is 54.8 Å². The van der Waals surface area contributed by atoms with Crippen molar-refractivity contribution in [3.63, 3.8) is 0 Å². The highest BCUT2D eigenvalue weighted by Gasteiger charge is 2.51. The lowest BCUT2D eigenvalue weighted by Gasteiger charge is -2.30. The van der Waals surface area contributed by atoms with Crippen LogP contribution in [0.25, 0.3) is 0 Å². The SMILES string of the molecule is Cc1c(O)cccc1C(=O)N[C@@H](Cc1ccccc1)[C@H](O)C(=O)N1CC(F)(F)C[C@H]1C(=O)NCc1ccco1. The summed E-state index contributed by atoms with van der Waals surface area (Å²) < 4.78 is 34.0. The lowest BCUT2D eigenvalue weighted by molar-refractivity contribution is -0.147. The minimum atomic E-state index is -3.35. The van der Waals surface area contributed by atoms with Gasteiger partial charge in [0.15, 0.2) is 6.10 Å². The van der Waals surface area contributed by atoms with Crippen molar-refractivity contribution >= 4 is 17.7 Å². The summed E-state index contributed by atoms with van der Waals surface area (Å²) in [6.45, 7) is 0.421. The van der Waals surface area contributed by atoms with Gasteiger partial charge in [-0.05, 0) is 43.2 Å². The molecule has 4 N–H and O–H groups in total. The number of halogens is 2. The monoisotopic (exact) mass is 541 g/mol. The summed E-state index contributed by atoms with van der Waals surface area (Å²) in [5.41, 5.74) is 1.08. The molecule has 9 nitrogen and oxygen atoms in total. The van der Waals surface area contributed by atoms with E-state index in [0.29, 0.717) is 21.8 Å². The number of carbonyl (C=O) groups is 3. The molecule has 1 saturated heterocycles. The van der Waals surface area contributed by atoms with Crippen molar-refractivity contribution in [3.8, 4) is 5.75 Å². The molecule has 0 bridgehead atoms. The van der Waals surface area contributed by atoms with E-state index in [4.69, 9.17) is 4.42 Å². The Hall–Kier alpha value is -4.25. The number of carbonyl (C=O) groups excluding carboxylic acids is 3. The van der Waals surface area contributed by atoms with Gasteiger partial charge >= 0.3 is 0 Å².